The minimum absolute atomic E-state index is 0.147. The van der Waals surface area contributed by atoms with Gasteiger partial charge in [-0.3, -0.25) is 0 Å². The molecular weight excluding hydrogens is 290 g/mol. The Kier molecular flexibility index (Phi) is 4.32. The summed E-state index contributed by atoms with van der Waals surface area (Å²) < 4.78 is 0. The van der Waals surface area contributed by atoms with Crippen LogP contribution in [0.4, 0.5) is 0 Å². The number of halogens is 1. The number of aliphatic hydroxyl groups is 1. The summed E-state index contributed by atoms with van der Waals surface area (Å²) in [6, 6.07) is 14.7. The predicted molar refractivity (Wildman–Crippen MR) is 83.6 cm³/mol. The Balaban J connectivity index is 2.02. The van der Waals surface area contributed by atoms with Crippen LogP contribution in [0.1, 0.15) is 17.2 Å². The second-order valence-electron chi connectivity index (χ2n) is 4.83. The van der Waals surface area contributed by atoms with Gasteiger partial charge in [-0.1, -0.05) is 41.6 Å². The van der Waals surface area contributed by atoms with E-state index in [1.807, 2.05) is 12.1 Å². The summed E-state index contributed by atoms with van der Waals surface area (Å²) in [6.07, 6.45) is 0.889. The second kappa shape index (κ2) is 6.19. The molecule has 0 saturated carbocycles. The minimum atomic E-state index is 0.147. The predicted octanol–water partition coefficient (Wildman–Crippen LogP) is 3.67. The molecule has 3 rings (SSSR count). The summed E-state index contributed by atoms with van der Waals surface area (Å²) in [5.41, 5.74) is 2.55. The van der Waals surface area contributed by atoms with Crippen LogP contribution in [0.15, 0.2) is 52.3 Å². The van der Waals surface area contributed by atoms with Crippen LogP contribution < -0.4 is 5.32 Å². The maximum absolute atomic E-state index is 9.07. The van der Waals surface area contributed by atoms with E-state index in [1.54, 1.807) is 11.8 Å². The molecule has 1 unspecified atom stereocenters. The molecule has 104 valence electrons. The molecule has 1 aliphatic heterocycles. The van der Waals surface area contributed by atoms with Gasteiger partial charge >= 0.3 is 0 Å². The highest BCUT2D eigenvalue weighted by Gasteiger charge is 2.22. The van der Waals surface area contributed by atoms with E-state index < -0.39 is 0 Å². The van der Waals surface area contributed by atoms with Gasteiger partial charge in [-0.05, 0) is 41.8 Å². The molecule has 2 aromatic rings. The van der Waals surface area contributed by atoms with E-state index in [4.69, 9.17) is 16.7 Å². The van der Waals surface area contributed by atoms with E-state index >= 15 is 0 Å². The number of hydrogen-bond acceptors (Lipinski definition) is 3. The lowest BCUT2D eigenvalue weighted by Crippen LogP contribution is -2.26. The van der Waals surface area contributed by atoms with Crippen molar-refractivity contribution < 1.29 is 5.11 Å². The molecule has 20 heavy (non-hydrogen) atoms. The smallest absolute Gasteiger partial charge is 0.0556 e. The highest BCUT2D eigenvalue weighted by Crippen LogP contribution is 2.41. The first-order valence-electron chi connectivity index (χ1n) is 6.67. The molecule has 0 spiro atoms. The molecule has 1 heterocycles. The summed E-state index contributed by atoms with van der Waals surface area (Å²) in [7, 11) is 0. The largest absolute Gasteiger partial charge is 0.395 e. The standard InChI is InChI=1S/C16H16ClNOS/c17-12-5-6-15-11(9-12)10-14(18-7-8-19)13-3-1-2-4-16(13)20-15/h1-6,9,14,18-19H,7-8,10H2. The van der Waals surface area contributed by atoms with Gasteiger partial charge < -0.3 is 10.4 Å². The molecule has 1 aliphatic rings. The molecule has 0 fully saturated rings. The van der Waals surface area contributed by atoms with Crippen LogP contribution in [0.3, 0.4) is 0 Å². The maximum atomic E-state index is 9.07. The van der Waals surface area contributed by atoms with Crippen LogP contribution in [0, 0.1) is 0 Å². The molecule has 1 atom stereocenters. The first-order valence-corrected chi connectivity index (χ1v) is 7.87. The van der Waals surface area contributed by atoms with E-state index in [0.717, 1.165) is 11.4 Å². The van der Waals surface area contributed by atoms with E-state index in [9.17, 15) is 0 Å². The van der Waals surface area contributed by atoms with Gasteiger partial charge in [-0.15, -0.1) is 0 Å². The van der Waals surface area contributed by atoms with Crippen LogP contribution in [-0.2, 0) is 6.42 Å². The number of rotatable bonds is 3. The highest BCUT2D eigenvalue weighted by molar-refractivity contribution is 7.99. The van der Waals surface area contributed by atoms with E-state index in [-0.39, 0.29) is 12.6 Å². The molecule has 4 heteroatoms. The Morgan fingerprint density at radius 1 is 1.20 bits per heavy atom. The first-order chi connectivity index (χ1) is 9.78. The summed E-state index contributed by atoms with van der Waals surface area (Å²) in [6.45, 7) is 0.744. The lowest BCUT2D eigenvalue weighted by molar-refractivity contribution is 0.283. The molecule has 0 aliphatic carbocycles. The number of fused-ring (bicyclic) bond motifs is 2. The van der Waals surface area contributed by atoms with Gasteiger partial charge in [0.2, 0.25) is 0 Å². The summed E-state index contributed by atoms with van der Waals surface area (Å²) in [5.74, 6) is 0. The number of aliphatic hydroxyl groups excluding tert-OH is 1. The first kappa shape index (κ1) is 14.0. The Labute approximate surface area is 128 Å². The quantitative estimate of drug-likeness (QED) is 0.907. The molecule has 0 aromatic heterocycles. The average molecular weight is 306 g/mol. The number of hydrogen-bond donors (Lipinski definition) is 2. The van der Waals surface area contributed by atoms with Crippen molar-refractivity contribution in [2.24, 2.45) is 0 Å². The van der Waals surface area contributed by atoms with E-state index in [1.165, 1.54) is 20.9 Å². The van der Waals surface area contributed by atoms with Gasteiger partial charge in [-0.2, -0.15) is 0 Å². The lowest BCUT2D eigenvalue weighted by Gasteiger charge is -2.18. The van der Waals surface area contributed by atoms with E-state index in [2.05, 4.69) is 35.6 Å². The summed E-state index contributed by atoms with van der Waals surface area (Å²) >= 11 is 7.91. The van der Waals surface area contributed by atoms with Gasteiger partial charge in [-0.25, -0.2) is 0 Å². The molecule has 0 radical (unpaired) electrons. The SMILES string of the molecule is OCCNC1Cc2cc(Cl)ccc2Sc2ccccc21. The van der Waals surface area contributed by atoms with Gasteiger partial charge in [0.05, 0.1) is 6.61 Å². The summed E-state index contributed by atoms with van der Waals surface area (Å²) in [4.78, 5) is 2.53. The lowest BCUT2D eigenvalue weighted by atomic mass is 9.99. The van der Waals surface area contributed by atoms with Crippen molar-refractivity contribution in [1.29, 1.82) is 0 Å². The Morgan fingerprint density at radius 3 is 2.90 bits per heavy atom. The van der Waals surface area contributed by atoms with Gasteiger partial charge in [0.15, 0.2) is 0 Å². The van der Waals surface area contributed by atoms with Gasteiger partial charge in [0, 0.05) is 27.4 Å². The number of nitrogens with one attached hydrogen (secondary N) is 1. The second-order valence-corrected chi connectivity index (χ2v) is 6.35. The van der Waals surface area contributed by atoms with E-state index in [0.29, 0.717) is 6.54 Å². The minimum Gasteiger partial charge on any atom is -0.395 e. The zero-order valence-electron chi connectivity index (χ0n) is 11.0. The Hall–Kier alpha value is -1.00. The zero-order chi connectivity index (χ0) is 13.9. The number of benzene rings is 2. The van der Waals surface area contributed by atoms with Crippen molar-refractivity contribution >= 4 is 23.4 Å². The fraction of sp³-hybridized carbons (Fsp3) is 0.250. The third-order valence-electron chi connectivity index (χ3n) is 3.46. The van der Waals surface area contributed by atoms with Crippen LogP contribution in [-0.4, -0.2) is 18.3 Å². The zero-order valence-corrected chi connectivity index (χ0v) is 12.5. The topological polar surface area (TPSA) is 32.3 Å². The molecular formula is C16H16ClNOS. The Bertz CT molecular complexity index is 617. The van der Waals surface area contributed by atoms with Crippen molar-refractivity contribution in [1.82, 2.24) is 5.32 Å². The molecule has 0 bridgehead atoms. The fourth-order valence-corrected chi connectivity index (χ4v) is 3.85. The van der Waals surface area contributed by atoms with Crippen LogP contribution in [0.25, 0.3) is 0 Å². The Morgan fingerprint density at radius 2 is 2.05 bits per heavy atom. The third kappa shape index (κ3) is 2.86. The highest BCUT2D eigenvalue weighted by atomic mass is 35.5. The van der Waals surface area contributed by atoms with Crippen LogP contribution >= 0.6 is 23.4 Å². The normalized spacial score (nSPS) is 17.2. The maximum Gasteiger partial charge on any atom is 0.0556 e. The molecule has 2 aromatic carbocycles. The van der Waals surface area contributed by atoms with Crippen LogP contribution in [0.5, 0.6) is 0 Å². The molecule has 2 nitrogen and oxygen atoms in total. The van der Waals surface area contributed by atoms with Crippen molar-refractivity contribution in [3.63, 3.8) is 0 Å². The van der Waals surface area contributed by atoms with Crippen molar-refractivity contribution in [3.8, 4) is 0 Å². The summed E-state index contributed by atoms with van der Waals surface area (Å²) in [5, 5.41) is 13.3. The average Bonchev–Trinajstić information content (AvgIpc) is 2.61. The third-order valence-corrected chi connectivity index (χ3v) is 4.91. The molecule has 2 N–H and O–H groups in total. The van der Waals surface area contributed by atoms with Gasteiger partial charge in [0.25, 0.3) is 0 Å². The fourth-order valence-electron chi connectivity index (χ4n) is 2.54. The van der Waals surface area contributed by atoms with Gasteiger partial charge in [0.1, 0.15) is 0 Å². The van der Waals surface area contributed by atoms with Crippen LogP contribution in [0.2, 0.25) is 5.02 Å². The monoisotopic (exact) mass is 305 g/mol. The van der Waals surface area contributed by atoms with Crippen molar-refractivity contribution in [3.05, 3.63) is 58.6 Å². The van der Waals surface area contributed by atoms with Crippen molar-refractivity contribution in [2.45, 2.75) is 22.3 Å². The molecule has 0 saturated heterocycles. The van der Waals surface area contributed by atoms with Crippen molar-refractivity contribution in [2.75, 3.05) is 13.2 Å². The molecule has 0 amide bonds.